The highest BCUT2D eigenvalue weighted by Gasteiger charge is 2.16. The summed E-state index contributed by atoms with van der Waals surface area (Å²) in [6.07, 6.45) is 0. The van der Waals surface area contributed by atoms with E-state index in [1.165, 1.54) is 0 Å². The van der Waals surface area contributed by atoms with Crippen LogP contribution in [-0.2, 0) is 5.75 Å². The van der Waals surface area contributed by atoms with Crippen molar-refractivity contribution in [1.29, 1.82) is 0 Å². The summed E-state index contributed by atoms with van der Waals surface area (Å²) in [4.78, 5) is 18.0. The summed E-state index contributed by atoms with van der Waals surface area (Å²) in [5.41, 5.74) is 4.42. The lowest BCUT2D eigenvalue weighted by Gasteiger charge is -2.17. The number of carbonyl (C=O) groups excluding carboxylic acids is 1. The summed E-state index contributed by atoms with van der Waals surface area (Å²) in [5, 5.41) is 5.71. The Morgan fingerprint density at radius 1 is 1.24 bits per heavy atom. The molecule has 128 valence electrons. The molecule has 0 aliphatic carbocycles. The number of rotatable bonds is 6. The van der Waals surface area contributed by atoms with Crippen LogP contribution < -0.4 is 5.32 Å². The normalized spacial score (nSPS) is 11.9. The number of amides is 1. The highest BCUT2D eigenvalue weighted by Crippen LogP contribution is 2.27. The minimum Gasteiger partial charge on any atom is -0.345 e. The molecule has 0 radical (unpaired) electrons. The van der Waals surface area contributed by atoms with Crippen LogP contribution >= 0.6 is 34.7 Å². The second-order valence-electron chi connectivity index (χ2n) is 5.48. The first-order valence-electron chi connectivity index (χ1n) is 7.79. The van der Waals surface area contributed by atoms with Crippen molar-refractivity contribution in [1.82, 2.24) is 10.3 Å². The molecule has 3 aromatic rings. The Morgan fingerprint density at radius 3 is 2.76 bits per heavy atom. The smallest absolute Gasteiger partial charge is 0.252 e. The molecule has 1 heterocycles. The van der Waals surface area contributed by atoms with Gasteiger partial charge in [-0.15, -0.1) is 23.1 Å². The number of carbonyl (C=O) groups is 1. The van der Waals surface area contributed by atoms with Crippen LogP contribution in [0.4, 0.5) is 0 Å². The lowest BCUT2D eigenvalue weighted by Crippen LogP contribution is -2.27. The molecule has 6 heteroatoms. The number of aromatic nitrogens is 1. The van der Waals surface area contributed by atoms with Gasteiger partial charge < -0.3 is 5.32 Å². The third kappa shape index (κ3) is 4.63. The van der Waals surface area contributed by atoms with Gasteiger partial charge in [0.1, 0.15) is 0 Å². The topological polar surface area (TPSA) is 42.0 Å². The summed E-state index contributed by atoms with van der Waals surface area (Å²) in [6, 6.07) is 15.0. The van der Waals surface area contributed by atoms with Crippen LogP contribution in [0.5, 0.6) is 0 Å². The third-order valence-electron chi connectivity index (χ3n) is 3.71. The highest BCUT2D eigenvalue weighted by atomic mass is 35.5. The van der Waals surface area contributed by atoms with Gasteiger partial charge in [0.05, 0.1) is 22.8 Å². The summed E-state index contributed by atoms with van der Waals surface area (Å²) >= 11 is 9.42. The summed E-state index contributed by atoms with van der Waals surface area (Å²) in [6.45, 7) is 1.93. The Hall–Kier alpha value is -1.82. The molecule has 2 aromatic carbocycles. The van der Waals surface area contributed by atoms with Crippen molar-refractivity contribution in [2.24, 2.45) is 0 Å². The van der Waals surface area contributed by atoms with Crippen LogP contribution in [0.1, 0.15) is 34.6 Å². The van der Waals surface area contributed by atoms with Gasteiger partial charge in [0.2, 0.25) is 0 Å². The number of nitrogens with zero attached hydrogens (tertiary/aromatic N) is 1. The highest BCUT2D eigenvalue weighted by molar-refractivity contribution is 7.98. The largest absolute Gasteiger partial charge is 0.345 e. The van der Waals surface area contributed by atoms with Gasteiger partial charge in [0.25, 0.3) is 5.91 Å². The minimum atomic E-state index is -0.169. The van der Waals surface area contributed by atoms with Gasteiger partial charge >= 0.3 is 0 Å². The first kappa shape index (κ1) is 18.0. The van der Waals surface area contributed by atoms with Gasteiger partial charge in [-0.3, -0.25) is 4.79 Å². The lowest BCUT2D eigenvalue weighted by molar-refractivity contribution is 0.0937. The van der Waals surface area contributed by atoms with E-state index in [1.807, 2.05) is 66.3 Å². The maximum absolute atomic E-state index is 12.7. The van der Waals surface area contributed by atoms with Crippen LogP contribution in [0.3, 0.4) is 0 Å². The molecule has 1 amide bonds. The molecule has 1 atom stereocenters. The van der Waals surface area contributed by atoms with E-state index in [0.29, 0.717) is 10.6 Å². The molecule has 0 saturated carbocycles. The Morgan fingerprint density at radius 2 is 2.00 bits per heavy atom. The third-order valence-corrected chi connectivity index (χ3v) is 5.80. The van der Waals surface area contributed by atoms with Crippen molar-refractivity contribution in [2.45, 2.75) is 23.6 Å². The fraction of sp³-hybridized carbons (Fsp3) is 0.158. The molecule has 1 aromatic heterocycles. The molecule has 0 fully saturated rings. The molecule has 0 spiro atoms. The van der Waals surface area contributed by atoms with Gasteiger partial charge in [-0.05, 0) is 30.7 Å². The van der Waals surface area contributed by atoms with Gasteiger partial charge in [-0.2, -0.15) is 0 Å². The zero-order valence-electron chi connectivity index (χ0n) is 13.6. The zero-order chi connectivity index (χ0) is 17.6. The van der Waals surface area contributed by atoms with Crippen molar-refractivity contribution in [2.75, 3.05) is 0 Å². The molecule has 25 heavy (non-hydrogen) atoms. The van der Waals surface area contributed by atoms with Crippen LogP contribution in [0.25, 0.3) is 0 Å². The molecular formula is C19H17ClN2OS2. The van der Waals surface area contributed by atoms with E-state index in [2.05, 4.69) is 10.3 Å². The summed E-state index contributed by atoms with van der Waals surface area (Å²) in [5.74, 6) is 0.641. The van der Waals surface area contributed by atoms with Crippen LogP contribution in [0.2, 0.25) is 5.02 Å². The minimum absolute atomic E-state index is 0.103. The first-order valence-corrected chi connectivity index (χ1v) is 10.1. The Balaban J connectivity index is 1.72. The van der Waals surface area contributed by atoms with E-state index in [1.54, 1.807) is 23.1 Å². The lowest BCUT2D eigenvalue weighted by atomic mass is 10.1. The molecule has 3 nitrogen and oxygen atoms in total. The maximum atomic E-state index is 12.7. The molecule has 1 unspecified atom stereocenters. The second kappa shape index (κ2) is 8.52. The molecule has 0 aliphatic heterocycles. The SMILES string of the molecule is CC(NC(=O)c1ccccc1SCc1cscn1)c1ccccc1Cl. The monoisotopic (exact) mass is 388 g/mol. The van der Waals surface area contributed by atoms with Crippen molar-refractivity contribution in [3.63, 3.8) is 0 Å². The van der Waals surface area contributed by atoms with E-state index in [0.717, 1.165) is 21.9 Å². The standard InChI is InChI=1S/C19H17ClN2OS2/c1-13(15-6-2-4-8-17(15)20)22-19(23)16-7-3-5-9-18(16)25-11-14-10-24-12-21-14/h2-10,12-13H,11H2,1H3,(H,22,23). The van der Waals surface area contributed by atoms with Crippen LogP contribution in [0.15, 0.2) is 64.3 Å². The Kier molecular flexibility index (Phi) is 6.13. The number of hydrogen-bond donors (Lipinski definition) is 1. The molecule has 0 saturated heterocycles. The molecule has 0 aliphatic rings. The summed E-state index contributed by atoms with van der Waals surface area (Å²) in [7, 11) is 0. The molecular weight excluding hydrogens is 372 g/mol. The number of hydrogen-bond acceptors (Lipinski definition) is 4. The predicted molar refractivity (Wildman–Crippen MR) is 105 cm³/mol. The number of thioether (sulfide) groups is 1. The predicted octanol–water partition coefficient (Wildman–Crippen LogP) is 5.58. The molecule has 3 rings (SSSR count). The van der Waals surface area contributed by atoms with Gasteiger partial charge in [-0.25, -0.2) is 4.98 Å². The van der Waals surface area contributed by atoms with E-state index in [-0.39, 0.29) is 11.9 Å². The Bertz CT molecular complexity index is 852. The van der Waals surface area contributed by atoms with Crippen molar-refractivity contribution in [3.8, 4) is 0 Å². The zero-order valence-corrected chi connectivity index (χ0v) is 16.0. The maximum Gasteiger partial charge on any atom is 0.252 e. The fourth-order valence-corrected chi connectivity index (χ4v) is 4.33. The molecule has 1 N–H and O–H groups in total. The Labute approximate surface area is 160 Å². The summed E-state index contributed by atoms with van der Waals surface area (Å²) < 4.78 is 0. The van der Waals surface area contributed by atoms with E-state index in [9.17, 15) is 4.79 Å². The molecule has 0 bridgehead atoms. The number of nitrogens with one attached hydrogen (secondary N) is 1. The van der Waals surface area contributed by atoms with Crippen molar-refractivity contribution in [3.05, 3.63) is 81.3 Å². The average Bonchev–Trinajstić information content (AvgIpc) is 3.14. The van der Waals surface area contributed by atoms with E-state index in [4.69, 9.17) is 11.6 Å². The van der Waals surface area contributed by atoms with E-state index < -0.39 is 0 Å². The number of benzene rings is 2. The van der Waals surface area contributed by atoms with Crippen molar-refractivity contribution >= 4 is 40.6 Å². The fourth-order valence-electron chi connectivity index (χ4n) is 2.42. The number of halogens is 1. The van der Waals surface area contributed by atoms with Gasteiger partial charge in [-0.1, -0.05) is 41.9 Å². The van der Waals surface area contributed by atoms with Crippen LogP contribution in [0, 0.1) is 0 Å². The first-order chi connectivity index (χ1) is 12.1. The second-order valence-corrected chi connectivity index (χ2v) is 7.62. The number of thiazole rings is 1. The quantitative estimate of drug-likeness (QED) is 0.560. The van der Waals surface area contributed by atoms with Crippen molar-refractivity contribution < 1.29 is 4.79 Å². The van der Waals surface area contributed by atoms with E-state index >= 15 is 0 Å². The van der Waals surface area contributed by atoms with Crippen LogP contribution in [-0.4, -0.2) is 10.9 Å². The van der Waals surface area contributed by atoms with Gasteiger partial charge in [0, 0.05) is 21.1 Å². The average molecular weight is 389 g/mol. The van der Waals surface area contributed by atoms with Gasteiger partial charge in [0.15, 0.2) is 0 Å².